The Balaban J connectivity index is 1.58. The molecule has 7 heteroatoms. The maximum atomic E-state index is 14.5. The van der Waals surface area contributed by atoms with Crippen LogP contribution in [0.25, 0.3) is 0 Å². The van der Waals surface area contributed by atoms with E-state index in [9.17, 15) is 14.4 Å². The van der Waals surface area contributed by atoms with Gasteiger partial charge in [0.25, 0.3) is 0 Å². The Bertz CT molecular complexity index is 1200. The number of likely N-dealkylation sites (tertiary alicyclic amines) is 1. The third-order valence-electron chi connectivity index (χ3n) is 8.89. The molecular weight excluding hydrogens is 476 g/mol. The van der Waals surface area contributed by atoms with Gasteiger partial charge < -0.3 is 15.1 Å². The number of nitrogens with zero attached hydrogens (tertiary/aromatic N) is 3. The third kappa shape index (κ3) is 4.83. The zero-order chi connectivity index (χ0) is 27.0. The minimum Gasteiger partial charge on any atom is -0.342 e. The summed E-state index contributed by atoms with van der Waals surface area (Å²) in [5.41, 5.74) is 4.96. The smallest absolute Gasteiger partial charge is 0.250 e. The molecule has 7 nitrogen and oxygen atoms in total. The Morgan fingerprint density at radius 2 is 1.74 bits per heavy atom. The van der Waals surface area contributed by atoms with Crippen molar-refractivity contribution >= 4 is 17.7 Å². The van der Waals surface area contributed by atoms with Gasteiger partial charge in [-0.05, 0) is 80.5 Å². The Kier molecular flexibility index (Phi) is 7.55. The Hall–Kier alpha value is -3.22. The first-order valence-corrected chi connectivity index (χ1v) is 14.2. The maximum Gasteiger partial charge on any atom is 0.250 e. The van der Waals surface area contributed by atoms with Crippen LogP contribution in [0.1, 0.15) is 73.5 Å². The van der Waals surface area contributed by atoms with E-state index in [0.717, 1.165) is 55.3 Å². The van der Waals surface area contributed by atoms with Crippen LogP contribution in [0, 0.1) is 25.7 Å². The fraction of sp³-hybridized carbons (Fsp3) is 0.548. The molecule has 4 atom stereocenters. The quantitative estimate of drug-likeness (QED) is 0.631. The van der Waals surface area contributed by atoms with Crippen molar-refractivity contribution < 1.29 is 14.4 Å². The number of carbonyl (C=O) groups is 3. The van der Waals surface area contributed by atoms with Crippen molar-refractivity contribution in [1.82, 2.24) is 20.1 Å². The summed E-state index contributed by atoms with van der Waals surface area (Å²) in [6, 6.07) is 7.97. The molecule has 1 aromatic heterocycles. The van der Waals surface area contributed by atoms with Crippen LogP contribution in [0.5, 0.6) is 0 Å². The first-order valence-electron chi connectivity index (χ1n) is 14.2. The van der Waals surface area contributed by atoms with E-state index in [1.165, 1.54) is 11.1 Å². The van der Waals surface area contributed by atoms with Gasteiger partial charge in [-0.15, -0.1) is 0 Å². The standard InChI is InChI=1S/C31H40N4O3/c1-5-19(2)27-29(36)33-26(24-16-22-11-7-8-12-23(22)17-24)30(37)35(27)28(25-18-32-21(4)15-20(25)3)31(38)34-13-9-6-10-14-34/h7-8,11-12,15,18-19,24,26-28H,5-6,9-10,13-14,16-17H2,1-4H3,(H,33,36)/t19-,26+,27+,28+/m0/s1. The molecule has 202 valence electrons. The predicted octanol–water partition coefficient (Wildman–Crippen LogP) is 3.91. The molecule has 2 fully saturated rings. The Morgan fingerprint density at radius 1 is 1.08 bits per heavy atom. The fourth-order valence-corrected chi connectivity index (χ4v) is 6.60. The number of pyridine rings is 1. The van der Waals surface area contributed by atoms with E-state index in [4.69, 9.17) is 0 Å². The second-order valence-electron chi connectivity index (χ2n) is 11.5. The van der Waals surface area contributed by atoms with Gasteiger partial charge in [-0.1, -0.05) is 44.5 Å². The number of benzene rings is 1. The van der Waals surface area contributed by atoms with Gasteiger partial charge in [0.15, 0.2) is 0 Å². The van der Waals surface area contributed by atoms with Gasteiger partial charge in [0, 0.05) is 30.5 Å². The number of aryl methyl sites for hydroxylation is 2. The van der Waals surface area contributed by atoms with Gasteiger partial charge in [-0.25, -0.2) is 0 Å². The van der Waals surface area contributed by atoms with E-state index in [2.05, 4.69) is 22.4 Å². The summed E-state index contributed by atoms with van der Waals surface area (Å²) in [7, 11) is 0. The molecule has 2 saturated heterocycles. The number of carbonyl (C=O) groups excluding carboxylic acids is 3. The highest BCUT2D eigenvalue weighted by Gasteiger charge is 2.51. The van der Waals surface area contributed by atoms with Crippen LogP contribution in [-0.4, -0.2) is 57.7 Å². The minimum absolute atomic E-state index is 0.0350. The summed E-state index contributed by atoms with van der Waals surface area (Å²) >= 11 is 0. The van der Waals surface area contributed by atoms with E-state index in [1.54, 1.807) is 11.1 Å². The van der Waals surface area contributed by atoms with Crippen LogP contribution < -0.4 is 5.32 Å². The van der Waals surface area contributed by atoms with Gasteiger partial charge in [-0.2, -0.15) is 0 Å². The molecule has 1 aliphatic carbocycles. The second-order valence-corrected chi connectivity index (χ2v) is 11.5. The highest BCUT2D eigenvalue weighted by atomic mass is 16.2. The van der Waals surface area contributed by atoms with Crippen molar-refractivity contribution in [2.75, 3.05) is 13.1 Å². The molecule has 3 amide bonds. The van der Waals surface area contributed by atoms with Crippen molar-refractivity contribution in [2.45, 2.75) is 84.3 Å². The number of hydrogen-bond donors (Lipinski definition) is 1. The first kappa shape index (κ1) is 26.4. The van der Waals surface area contributed by atoms with Crippen molar-refractivity contribution in [3.63, 3.8) is 0 Å². The molecule has 38 heavy (non-hydrogen) atoms. The molecule has 1 aromatic carbocycles. The largest absolute Gasteiger partial charge is 0.342 e. The third-order valence-corrected chi connectivity index (χ3v) is 8.89. The molecule has 3 aliphatic rings. The van der Waals surface area contributed by atoms with Crippen molar-refractivity contribution in [2.24, 2.45) is 11.8 Å². The number of aromatic nitrogens is 1. The first-order chi connectivity index (χ1) is 18.3. The van der Waals surface area contributed by atoms with Crippen molar-refractivity contribution in [1.29, 1.82) is 0 Å². The van der Waals surface area contributed by atoms with Crippen molar-refractivity contribution in [3.05, 3.63) is 64.5 Å². The molecule has 0 unspecified atom stereocenters. The average Bonchev–Trinajstić information content (AvgIpc) is 3.35. The van der Waals surface area contributed by atoms with E-state index in [-0.39, 0.29) is 29.6 Å². The van der Waals surface area contributed by atoms with Crippen molar-refractivity contribution in [3.8, 4) is 0 Å². The zero-order valence-electron chi connectivity index (χ0n) is 23.1. The summed E-state index contributed by atoms with van der Waals surface area (Å²) in [6.45, 7) is 9.28. The van der Waals surface area contributed by atoms with E-state index < -0.39 is 18.1 Å². The molecule has 2 aliphatic heterocycles. The van der Waals surface area contributed by atoms with Crippen LogP contribution in [0.2, 0.25) is 0 Å². The fourth-order valence-electron chi connectivity index (χ4n) is 6.60. The molecule has 3 heterocycles. The summed E-state index contributed by atoms with van der Waals surface area (Å²) in [4.78, 5) is 50.8. The summed E-state index contributed by atoms with van der Waals surface area (Å²) in [5.74, 6) is -0.538. The lowest BCUT2D eigenvalue weighted by molar-refractivity contribution is -0.162. The highest BCUT2D eigenvalue weighted by Crippen LogP contribution is 2.37. The molecule has 1 N–H and O–H groups in total. The van der Waals surface area contributed by atoms with Crippen LogP contribution in [0.15, 0.2) is 36.5 Å². The second kappa shape index (κ2) is 10.9. The number of rotatable bonds is 6. The summed E-state index contributed by atoms with van der Waals surface area (Å²) in [6.07, 6.45) is 6.95. The minimum atomic E-state index is -0.870. The maximum absolute atomic E-state index is 14.5. The van der Waals surface area contributed by atoms with Gasteiger partial charge >= 0.3 is 0 Å². The lowest BCUT2D eigenvalue weighted by Crippen LogP contribution is -2.68. The molecule has 0 spiro atoms. The molecular formula is C31H40N4O3. The monoisotopic (exact) mass is 516 g/mol. The molecule has 5 rings (SSSR count). The predicted molar refractivity (Wildman–Crippen MR) is 146 cm³/mol. The van der Waals surface area contributed by atoms with Gasteiger partial charge in [0.05, 0.1) is 0 Å². The topological polar surface area (TPSA) is 82.6 Å². The number of amides is 3. The van der Waals surface area contributed by atoms with Gasteiger partial charge in [0.1, 0.15) is 18.1 Å². The highest BCUT2D eigenvalue weighted by molar-refractivity contribution is 6.00. The molecule has 2 aromatic rings. The molecule has 0 bridgehead atoms. The van der Waals surface area contributed by atoms with Crippen LogP contribution in [-0.2, 0) is 27.2 Å². The van der Waals surface area contributed by atoms with Gasteiger partial charge in [0.2, 0.25) is 17.7 Å². The summed E-state index contributed by atoms with van der Waals surface area (Å²) < 4.78 is 0. The van der Waals surface area contributed by atoms with Crippen LogP contribution in [0.4, 0.5) is 0 Å². The number of fused-ring (bicyclic) bond motifs is 1. The number of hydrogen-bond acceptors (Lipinski definition) is 4. The Morgan fingerprint density at radius 3 is 2.34 bits per heavy atom. The molecule has 0 saturated carbocycles. The summed E-state index contributed by atoms with van der Waals surface area (Å²) in [5, 5.41) is 3.12. The number of piperazine rings is 1. The number of piperidine rings is 1. The molecule has 0 radical (unpaired) electrons. The zero-order valence-corrected chi connectivity index (χ0v) is 23.1. The average molecular weight is 517 g/mol. The Labute approximate surface area is 226 Å². The van der Waals surface area contributed by atoms with Crippen LogP contribution >= 0.6 is 0 Å². The van der Waals surface area contributed by atoms with E-state index >= 15 is 0 Å². The normalized spacial score (nSPS) is 23.7. The lowest BCUT2D eigenvalue weighted by atomic mass is 9.85. The van der Waals surface area contributed by atoms with E-state index in [1.807, 2.05) is 50.8 Å². The van der Waals surface area contributed by atoms with Crippen LogP contribution in [0.3, 0.4) is 0 Å². The lowest BCUT2D eigenvalue weighted by Gasteiger charge is -2.47. The SMILES string of the molecule is CC[C@H](C)[C@@H]1C(=O)N[C@H](C2Cc3ccccc3C2)C(=O)N1[C@@H](C(=O)N1CCCCC1)c1cnc(C)cc1C. The van der Waals surface area contributed by atoms with E-state index in [0.29, 0.717) is 13.1 Å². The van der Waals surface area contributed by atoms with Gasteiger partial charge in [-0.3, -0.25) is 19.4 Å². The number of nitrogens with one attached hydrogen (secondary N) is 1.